The van der Waals surface area contributed by atoms with Crippen LogP contribution in [0.4, 0.5) is 0 Å². The number of nitrogens with zero attached hydrogens (tertiary/aromatic N) is 2. The van der Waals surface area contributed by atoms with Gasteiger partial charge in [0.05, 0.1) is 12.2 Å². The van der Waals surface area contributed by atoms with E-state index in [1.54, 1.807) is 6.92 Å². The van der Waals surface area contributed by atoms with Crippen LogP contribution < -0.4 is 0 Å². The van der Waals surface area contributed by atoms with E-state index in [9.17, 15) is 4.79 Å². The van der Waals surface area contributed by atoms with E-state index in [2.05, 4.69) is 67.7 Å². The van der Waals surface area contributed by atoms with E-state index >= 15 is 0 Å². The Morgan fingerprint density at radius 2 is 1.67 bits per heavy atom. The molecule has 2 aromatic rings. The lowest BCUT2D eigenvalue weighted by atomic mass is 9.63. The standard InChI is InChI=1S/C23H26N2O2/c1-6-27-21(26)17-14-24-20(25-15-17)10-8-16-7-9-18-19(13-16)23(4,5)12-11-22(18,2)3/h7,9,13-15H,6,11-12H2,1-5H3. The maximum Gasteiger partial charge on any atom is 0.341 e. The first-order valence-electron chi connectivity index (χ1n) is 9.39. The van der Waals surface area contributed by atoms with Gasteiger partial charge in [-0.15, -0.1) is 0 Å². The molecule has 0 atom stereocenters. The van der Waals surface area contributed by atoms with E-state index in [0.29, 0.717) is 18.0 Å². The lowest BCUT2D eigenvalue weighted by Gasteiger charge is -2.41. The highest BCUT2D eigenvalue weighted by atomic mass is 16.5. The number of carbonyl (C=O) groups excluding carboxylic acids is 1. The van der Waals surface area contributed by atoms with Gasteiger partial charge in [0.2, 0.25) is 5.82 Å². The van der Waals surface area contributed by atoms with Crippen molar-refractivity contribution in [2.45, 2.75) is 58.3 Å². The molecule has 27 heavy (non-hydrogen) atoms. The van der Waals surface area contributed by atoms with Gasteiger partial charge in [-0.3, -0.25) is 0 Å². The van der Waals surface area contributed by atoms with Gasteiger partial charge < -0.3 is 4.74 Å². The third-order valence-corrected chi connectivity index (χ3v) is 5.33. The highest BCUT2D eigenvalue weighted by Crippen LogP contribution is 2.45. The summed E-state index contributed by atoms with van der Waals surface area (Å²) in [5.41, 5.74) is 4.43. The number of rotatable bonds is 2. The summed E-state index contributed by atoms with van der Waals surface area (Å²) in [4.78, 5) is 19.9. The molecule has 0 amide bonds. The highest BCUT2D eigenvalue weighted by Gasteiger charge is 2.36. The molecule has 1 heterocycles. The Morgan fingerprint density at radius 3 is 2.30 bits per heavy atom. The van der Waals surface area contributed by atoms with Crippen LogP contribution >= 0.6 is 0 Å². The fraction of sp³-hybridized carbons (Fsp3) is 0.435. The second kappa shape index (κ2) is 7.15. The monoisotopic (exact) mass is 362 g/mol. The Morgan fingerprint density at radius 1 is 1.04 bits per heavy atom. The average Bonchev–Trinajstić information content (AvgIpc) is 2.64. The Labute approximate surface area is 161 Å². The van der Waals surface area contributed by atoms with Crippen molar-refractivity contribution in [3.63, 3.8) is 0 Å². The van der Waals surface area contributed by atoms with Crippen LogP contribution in [0.3, 0.4) is 0 Å². The molecule has 1 aliphatic rings. The van der Waals surface area contributed by atoms with Crippen LogP contribution in [0.5, 0.6) is 0 Å². The van der Waals surface area contributed by atoms with Crippen molar-refractivity contribution >= 4 is 5.97 Å². The van der Waals surface area contributed by atoms with Gasteiger partial charge in [-0.05, 0) is 59.8 Å². The molecule has 3 rings (SSSR count). The molecule has 1 aliphatic carbocycles. The van der Waals surface area contributed by atoms with Crippen molar-refractivity contribution in [3.8, 4) is 11.8 Å². The van der Waals surface area contributed by atoms with Gasteiger partial charge in [-0.2, -0.15) is 0 Å². The van der Waals surface area contributed by atoms with Crippen LogP contribution in [-0.2, 0) is 15.6 Å². The highest BCUT2D eigenvalue weighted by molar-refractivity contribution is 5.88. The lowest BCUT2D eigenvalue weighted by Crippen LogP contribution is -2.33. The summed E-state index contributed by atoms with van der Waals surface area (Å²) >= 11 is 0. The topological polar surface area (TPSA) is 52.1 Å². The minimum absolute atomic E-state index is 0.153. The van der Waals surface area contributed by atoms with Gasteiger partial charge in [0.25, 0.3) is 0 Å². The Kier molecular flexibility index (Phi) is 5.06. The van der Waals surface area contributed by atoms with Crippen molar-refractivity contribution in [3.05, 3.63) is 58.7 Å². The summed E-state index contributed by atoms with van der Waals surface area (Å²) in [5, 5.41) is 0. The molecule has 0 radical (unpaired) electrons. The molecular formula is C23H26N2O2. The SMILES string of the molecule is CCOC(=O)c1cnc(C#Cc2ccc3c(c2)C(C)(C)CCC3(C)C)nc1. The number of aromatic nitrogens is 2. The molecule has 0 spiro atoms. The van der Waals surface area contributed by atoms with Crippen molar-refractivity contribution in [2.75, 3.05) is 6.61 Å². The van der Waals surface area contributed by atoms with Crippen LogP contribution in [0.1, 0.15) is 80.3 Å². The molecule has 0 unspecified atom stereocenters. The minimum atomic E-state index is -0.420. The number of carbonyl (C=O) groups is 1. The molecule has 0 saturated heterocycles. The molecule has 1 aromatic heterocycles. The molecular weight excluding hydrogens is 336 g/mol. The predicted molar refractivity (Wildman–Crippen MR) is 106 cm³/mol. The number of fused-ring (bicyclic) bond motifs is 1. The summed E-state index contributed by atoms with van der Waals surface area (Å²) in [5.74, 6) is 6.12. The summed E-state index contributed by atoms with van der Waals surface area (Å²) in [6, 6.07) is 6.49. The molecule has 0 N–H and O–H groups in total. The van der Waals surface area contributed by atoms with E-state index in [4.69, 9.17) is 4.74 Å². The van der Waals surface area contributed by atoms with Gasteiger partial charge in [-0.25, -0.2) is 14.8 Å². The predicted octanol–water partition coefficient (Wildman–Crippen LogP) is 4.40. The summed E-state index contributed by atoms with van der Waals surface area (Å²) < 4.78 is 4.93. The third kappa shape index (κ3) is 4.03. The molecule has 140 valence electrons. The molecule has 0 aliphatic heterocycles. The molecule has 1 aromatic carbocycles. The zero-order chi connectivity index (χ0) is 19.7. The maximum absolute atomic E-state index is 11.6. The maximum atomic E-state index is 11.6. The Bertz CT molecular complexity index is 916. The lowest BCUT2D eigenvalue weighted by molar-refractivity contribution is 0.0525. The van der Waals surface area contributed by atoms with E-state index in [1.807, 2.05) is 0 Å². The molecule has 0 saturated carbocycles. The van der Waals surface area contributed by atoms with Gasteiger partial charge >= 0.3 is 5.97 Å². The average molecular weight is 362 g/mol. The number of esters is 1. The van der Waals surface area contributed by atoms with E-state index < -0.39 is 5.97 Å². The number of ether oxygens (including phenoxy) is 1. The molecule has 0 fully saturated rings. The van der Waals surface area contributed by atoms with Crippen molar-refractivity contribution in [1.82, 2.24) is 9.97 Å². The first kappa shape index (κ1) is 19.1. The normalized spacial score (nSPS) is 16.6. The Balaban J connectivity index is 1.87. The van der Waals surface area contributed by atoms with E-state index in [1.165, 1.54) is 36.4 Å². The van der Waals surface area contributed by atoms with Crippen LogP contribution in [0.15, 0.2) is 30.6 Å². The van der Waals surface area contributed by atoms with Crippen LogP contribution in [-0.4, -0.2) is 22.5 Å². The fourth-order valence-electron chi connectivity index (χ4n) is 3.51. The largest absolute Gasteiger partial charge is 0.462 e. The van der Waals surface area contributed by atoms with Gasteiger partial charge in [0.1, 0.15) is 0 Å². The van der Waals surface area contributed by atoms with Crippen LogP contribution in [0, 0.1) is 11.8 Å². The van der Waals surface area contributed by atoms with Gasteiger partial charge in [-0.1, -0.05) is 39.7 Å². The number of hydrogen-bond acceptors (Lipinski definition) is 4. The summed E-state index contributed by atoms with van der Waals surface area (Å²) in [7, 11) is 0. The minimum Gasteiger partial charge on any atom is -0.462 e. The first-order chi connectivity index (χ1) is 12.7. The van der Waals surface area contributed by atoms with Gasteiger partial charge in [0.15, 0.2) is 0 Å². The van der Waals surface area contributed by atoms with Crippen LogP contribution in [0.25, 0.3) is 0 Å². The smallest absolute Gasteiger partial charge is 0.341 e. The zero-order valence-electron chi connectivity index (χ0n) is 16.7. The zero-order valence-corrected chi connectivity index (χ0v) is 16.7. The molecule has 4 heteroatoms. The van der Waals surface area contributed by atoms with E-state index in [-0.39, 0.29) is 10.8 Å². The Hall–Kier alpha value is -2.67. The summed E-state index contributed by atoms with van der Waals surface area (Å²) in [6.45, 7) is 11.3. The van der Waals surface area contributed by atoms with Crippen molar-refractivity contribution in [1.29, 1.82) is 0 Å². The van der Waals surface area contributed by atoms with Crippen molar-refractivity contribution < 1.29 is 9.53 Å². The van der Waals surface area contributed by atoms with Crippen molar-refractivity contribution in [2.24, 2.45) is 0 Å². The van der Waals surface area contributed by atoms with Gasteiger partial charge in [0, 0.05) is 18.0 Å². The second-order valence-corrected chi connectivity index (χ2v) is 8.29. The number of hydrogen-bond donors (Lipinski definition) is 0. The molecule has 0 bridgehead atoms. The number of benzene rings is 1. The third-order valence-electron chi connectivity index (χ3n) is 5.33. The first-order valence-corrected chi connectivity index (χ1v) is 9.39. The quantitative estimate of drug-likeness (QED) is 0.587. The second-order valence-electron chi connectivity index (χ2n) is 8.29. The van der Waals surface area contributed by atoms with E-state index in [0.717, 1.165) is 5.56 Å². The summed E-state index contributed by atoms with van der Waals surface area (Å²) in [6.07, 6.45) is 5.27. The van der Waals surface area contributed by atoms with Crippen LogP contribution in [0.2, 0.25) is 0 Å². The fourth-order valence-corrected chi connectivity index (χ4v) is 3.51. The molecule has 4 nitrogen and oxygen atoms in total.